The Hall–Kier alpha value is -3.17. The zero-order valence-electron chi connectivity index (χ0n) is 22.9. The van der Waals surface area contributed by atoms with E-state index in [0.717, 1.165) is 38.3 Å². The fourth-order valence-corrected chi connectivity index (χ4v) is 5.89. The maximum absolute atomic E-state index is 13.9. The number of unbranched alkanes of at least 4 members (excludes halogenated alkanes) is 1. The van der Waals surface area contributed by atoms with E-state index < -0.39 is 28.5 Å². The molecule has 3 aromatic rings. The van der Waals surface area contributed by atoms with E-state index in [4.69, 9.17) is 0 Å². The molecule has 208 valence electrons. The lowest BCUT2D eigenvalue weighted by atomic mass is 10.1. The van der Waals surface area contributed by atoms with Gasteiger partial charge in [0.15, 0.2) is 0 Å². The highest BCUT2D eigenvalue weighted by Gasteiger charge is 2.32. The van der Waals surface area contributed by atoms with Crippen LogP contribution in [0, 0.1) is 13.8 Å². The quantitative estimate of drug-likeness (QED) is 0.270. The van der Waals surface area contributed by atoms with Crippen molar-refractivity contribution in [3.63, 3.8) is 0 Å². The molecule has 0 unspecified atom stereocenters. The number of nitrogens with zero attached hydrogens (tertiary/aromatic N) is 2. The molecule has 0 heterocycles. The predicted molar refractivity (Wildman–Crippen MR) is 159 cm³/mol. The van der Waals surface area contributed by atoms with Gasteiger partial charge in [-0.2, -0.15) is 0 Å². The summed E-state index contributed by atoms with van der Waals surface area (Å²) >= 11 is 3.46. The second-order valence-electron chi connectivity index (χ2n) is 9.63. The first-order valence-corrected chi connectivity index (χ1v) is 15.2. The van der Waals surface area contributed by atoms with Gasteiger partial charge in [0.1, 0.15) is 12.6 Å². The molecule has 3 rings (SSSR count). The number of carbonyl (C=O) groups is 2. The molecule has 0 spiro atoms. The van der Waals surface area contributed by atoms with Crippen molar-refractivity contribution in [2.24, 2.45) is 0 Å². The van der Waals surface area contributed by atoms with Crippen LogP contribution in [-0.4, -0.2) is 44.3 Å². The van der Waals surface area contributed by atoms with Gasteiger partial charge in [-0.05, 0) is 69.2 Å². The summed E-state index contributed by atoms with van der Waals surface area (Å²) in [5, 5.41) is 2.89. The van der Waals surface area contributed by atoms with Gasteiger partial charge in [0.25, 0.3) is 10.0 Å². The smallest absolute Gasteiger partial charge is 0.264 e. The van der Waals surface area contributed by atoms with Crippen molar-refractivity contribution in [1.82, 2.24) is 10.2 Å². The Kier molecular flexibility index (Phi) is 10.7. The first-order valence-electron chi connectivity index (χ1n) is 13.0. The standard InChI is InChI=1S/C30H36BrN3O4S/c1-5-6-18-32-30(36)24(4)33(20-25-8-7-9-26(31)19-25)29(35)21-34(27-14-10-22(2)11-15-27)39(37,38)28-16-12-23(3)13-17-28/h7-17,19,24H,5-6,18,20-21H2,1-4H3,(H,32,36)/t24-/m1/s1. The molecule has 9 heteroatoms. The van der Waals surface area contributed by atoms with Crippen molar-refractivity contribution in [2.45, 2.75) is 58.0 Å². The molecule has 0 aliphatic rings. The minimum absolute atomic E-state index is 0.0883. The number of sulfonamides is 1. The highest BCUT2D eigenvalue weighted by Crippen LogP contribution is 2.25. The Balaban J connectivity index is 1.99. The van der Waals surface area contributed by atoms with Gasteiger partial charge in [0.05, 0.1) is 10.6 Å². The van der Waals surface area contributed by atoms with Crippen LogP contribution in [0.25, 0.3) is 0 Å². The highest BCUT2D eigenvalue weighted by molar-refractivity contribution is 9.10. The monoisotopic (exact) mass is 613 g/mol. The molecule has 0 fully saturated rings. The van der Waals surface area contributed by atoms with Crippen molar-refractivity contribution in [3.8, 4) is 0 Å². The number of aryl methyl sites for hydroxylation is 2. The Morgan fingerprint density at radius 3 is 2.15 bits per heavy atom. The van der Waals surface area contributed by atoms with Crippen LogP contribution in [0.15, 0.2) is 82.2 Å². The third-order valence-corrected chi connectivity index (χ3v) is 8.73. The molecule has 1 N–H and O–H groups in total. The lowest BCUT2D eigenvalue weighted by Crippen LogP contribution is -2.51. The maximum atomic E-state index is 13.9. The van der Waals surface area contributed by atoms with E-state index in [1.807, 2.05) is 45.0 Å². The van der Waals surface area contributed by atoms with E-state index in [9.17, 15) is 18.0 Å². The van der Waals surface area contributed by atoms with Crippen LogP contribution in [0.5, 0.6) is 0 Å². The van der Waals surface area contributed by atoms with Gasteiger partial charge in [-0.3, -0.25) is 13.9 Å². The second kappa shape index (κ2) is 13.8. The molecule has 7 nitrogen and oxygen atoms in total. The van der Waals surface area contributed by atoms with Crippen LogP contribution >= 0.6 is 15.9 Å². The molecule has 0 saturated heterocycles. The van der Waals surface area contributed by atoms with Gasteiger partial charge in [0.2, 0.25) is 11.8 Å². The summed E-state index contributed by atoms with van der Waals surface area (Å²) in [6.45, 7) is 7.69. The van der Waals surface area contributed by atoms with Crippen LogP contribution in [0.3, 0.4) is 0 Å². The number of carbonyl (C=O) groups excluding carboxylic acids is 2. The van der Waals surface area contributed by atoms with Crippen molar-refractivity contribution in [3.05, 3.63) is 94.0 Å². The number of anilines is 1. The first kappa shape index (κ1) is 30.4. The van der Waals surface area contributed by atoms with Crippen molar-refractivity contribution in [2.75, 3.05) is 17.4 Å². The average Bonchev–Trinajstić information content (AvgIpc) is 2.90. The number of hydrogen-bond donors (Lipinski definition) is 1. The molecular weight excluding hydrogens is 578 g/mol. The summed E-state index contributed by atoms with van der Waals surface area (Å²) in [5.74, 6) is -0.764. The van der Waals surface area contributed by atoms with Crippen LogP contribution < -0.4 is 9.62 Å². The van der Waals surface area contributed by atoms with Crippen molar-refractivity contribution < 1.29 is 18.0 Å². The van der Waals surface area contributed by atoms with Gasteiger partial charge in [-0.25, -0.2) is 8.42 Å². The molecule has 2 amide bonds. The van der Waals surface area contributed by atoms with Crippen molar-refractivity contribution in [1.29, 1.82) is 0 Å². The highest BCUT2D eigenvalue weighted by atomic mass is 79.9. The zero-order valence-corrected chi connectivity index (χ0v) is 25.3. The molecule has 0 aromatic heterocycles. The molecule has 39 heavy (non-hydrogen) atoms. The predicted octanol–water partition coefficient (Wildman–Crippen LogP) is 5.59. The van der Waals surface area contributed by atoms with Crippen LogP contribution in [-0.2, 0) is 26.2 Å². The normalized spacial score (nSPS) is 12.0. The molecule has 0 aliphatic heterocycles. The van der Waals surface area contributed by atoms with Gasteiger partial charge >= 0.3 is 0 Å². The number of rotatable bonds is 12. The molecule has 0 radical (unpaired) electrons. The summed E-state index contributed by atoms with van der Waals surface area (Å²) in [6.07, 6.45) is 1.76. The van der Waals surface area contributed by atoms with Gasteiger partial charge in [0, 0.05) is 17.6 Å². The number of benzene rings is 3. The lowest BCUT2D eigenvalue weighted by Gasteiger charge is -2.32. The largest absolute Gasteiger partial charge is 0.354 e. The summed E-state index contributed by atoms with van der Waals surface area (Å²) < 4.78 is 29.6. The minimum atomic E-state index is -4.08. The van der Waals surface area contributed by atoms with E-state index in [2.05, 4.69) is 21.2 Å². The fraction of sp³-hybridized carbons (Fsp3) is 0.333. The number of nitrogens with one attached hydrogen (secondary N) is 1. The van der Waals surface area contributed by atoms with E-state index >= 15 is 0 Å². The molecule has 1 atom stereocenters. The second-order valence-corrected chi connectivity index (χ2v) is 12.4. The summed E-state index contributed by atoms with van der Waals surface area (Å²) in [5.41, 5.74) is 3.08. The number of halogens is 1. The summed E-state index contributed by atoms with van der Waals surface area (Å²) in [4.78, 5) is 28.5. The molecule has 3 aromatic carbocycles. The Bertz CT molecular complexity index is 1380. The van der Waals surface area contributed by atoms with Crippen LogP contribution in [0.4, 0.5) is 5.69 Å². The van der Waals surface area contributed by atoms with E-state index in [1.54, 1.807) is 55.5 Å². The zero-order chi connectivity index (χ0) is 28.6. The van der Waals surface area contributed by atoms with E-state index in [1.165, 1.54) is 4.90 Å². The van der Waals surface area contributed by atoms with Crippen molar-refractivity contribution >= 4 is 43.5 Å². The SMILES string of the molecule is CCCCNC(=O)[C@@H](C)N(Cc1cccc(Br)c1)C(=O)CN(c1ccc(C)cc1)S(=O)(=O)c1ccc(C)cc1. The van der Waals surface area contributed by atoms with Gasteiger partial charge in [-0.1, -0.05) is 76.8 Å². The Morgan fingerprint density at radius 2 is 1.56 bits per heavy atom. The third-order valence-electron chi connectivity index (χ3n) is 6.45. The summed E-state index contributed by atoms with van der Waals surface area (Å²) in [7, 11) is -4.08. The van der Waals surface area contributed by atoms with Gasteiger partial charge in [-0.15, -0.1) is 0 Å². The summed E-state index contributed by atoms with van der Waals surface area (Å²) in [6, 6.07) is 20.2. The number of amides is 2. The Labute approximate surface area is 240 Å². The maximum Gasteiger partial charge on any atom is 0.264 e. The van der Waals surface area contributed by atoms with Crippen LogP contribution in [0.1, 0.15) is 43.4 Å². The molecule has 0 aliphatic carbocycles. The third kappa shape index (κ3) is 8.16. The van der Waals surface area contributed by atoms with Crippen LogP contribution in [0.2, 0.25) is 0 Å². The van der Waals surface area contributed by atoms with Gasteiger partial charge < -0.3 is 10.2 Å². The molecule has 0 bridgehead atoms. The fourth-order valence-electron chi connectivity index (χ4n) is 4.03. The molecular formula is C30H36BrN3O4S. The minimum Gasteiger partial charge on any atom is -0.354 e. The molecule has 0 saturated carbocycles. The topological polar surface area (TPSA) is 86.8 Å². The first-order chi connectivity index (χ1) is 18.5. The number of hydrogen-bond acceptors (Lipinski definition) is 4. The average molecular weight is 615 g/mol. The van der Waals surface area contributed by atoms with E-state index in [-0.39, 0.29) is 17.3 Å². The Morgan fingerprint density at radius 1 is 0.949 bits per heavy atom. The van der Waals surface area contributed by atoms with E-state index in [0.29, 0.717) is 12.2 Å². The lowest BCUT2D eigenvalue weighted by molar-refractivity contribution is -0.139.